The van der Waals surface area contributed by atoms with Gasteiger partial charge in [-0.1, -0.05) is 60.7 Å². The summed E-state index contributed by atoms with van der Waals surface area (Å²) in [6.07, 6.45) is -0.742. The van der Waals surface area contributed by atoms with E-state index < -0.39 is 59.8 Å². The van der Waals surface area contributed by atoms with Crippen LogP contribution in [0.3, 0.4) is 0 Å². The van der Waals surface area contributed by atoms with Gasteiger partial charge in [-0.25, -0.2) is 9.59 Å². The summed E-state index contributed by atoms with van der Waals surface area (Å²) in [5.74, 6) is -1.96. The third-order valence-corrected chi connectivity index (χ3v) is 7.78. The molecule has 4 N–H and O–H groups in total. The van der Waals surface area contributed by atoms with Crippen molar-refractivity contribution in [1.29, 1.82) is 0 Å². The molecule has 0 saturated heterocycles. The van der Waals surface area contributed by atoms with Crippen molar-refractivity contribution in [1.82, 2.24) is 15.5 Å². The average Bonchev–Trinajstić information content (AvgIpc) is 3.01. The number of nitrogens with zero attached hydrogens (tertiary/aromatic N) is 1. The van der Waals surface area contributed by atoms with E-state index in [2.05, 4.69) is 10.6 Å². The zero-order valence-electron chi connectivity index (χ0n) is 30.3. The lowest BCUT2D eigenvalue weighted by molar-refractivity contribution is -0.159. The molecular formula is C39H51N3O8. The number of aryl methyl sites for hydroxylation is 1. The van der Waals surface area contributed by atoms with Crippen LogP contribution in [-0.4, -0.2) is 75.4 Å². The van der Waals surface area contributed by atoms with Gasteiger partial charge in [0, 0.05) is 19.4 Å². The lowest BCUT2D eigenvalue weighted by Crippen LogP contribution is -2.56. The Morgan fingerprint density at radius 1 is 0.740 bits per heavy atom. The van der Waals surface area contributed by atoms with Gasteiger partial charge in [0.25, 0.3) is 0 Å². The molecule has 0 bridgehead atoms. The zero-order valence-corrected chi connectivity index (χ0v) is 30.3. The highest BCUT2D eigenvalue weighted by Gasteiger charge is 2.39. The minimum absolute atomic E-state index is 0.0179. The largest absolute Gasteiger partial charge is 0.508 e. The molecule has 3 aromatic rings. The number of benzene rings is 3. The van der Waals surface area contributed by atoms with Gasteiger partial charge in [0.2, 0.25) is 11.8 Å². The third-order valence-electron chi connectivity index (χ3n) is 7.78. The summed E-state index contributed by atoms with van der Waals surface area (Å²) in [5.41, 5.74) is 1.77. The molecule has 0 radical (unpaired) electrons. The van der Waals surface area contributed by atoms with Gasteiger partial charge >= 0.3 is 12.1 Å². The summed E-state index contributed by atoms with van der Waals surface area (Å²) >= 11 is 0. The van der Waals surface area contributed by atoms with Crippen molar-refractivity contribution in [3.05, 3.63) is 101 Å². The second-order valence-corrected chi connectivity index (χ2v) is 14.3. The number of esters is 1. The predicted octanol–water partition coefficient (Wildman–Crippen LogP) is 5.08. The van der Waals surface area contributed by atoms with E-state index in [1.165, 1.54) is 17.0 Å². The topological polar surface area (TPSA) is 154 Å². The van der Waals surface area contributed by atoms with E-state index in [1.807, 2.05) is 50.2 Å². The molecule has 50 heavy (non-hydrogen) atoms. The normalized spacial score (nSPS) is 13.4. The summed E-state index contributed by atoms with van der Waals surface area (Å²) in [4.78, 5) is 57.0. The number of aliphatic hydroxyl groups excluding tert-OH is 1. The highest BCUT2D eigenvalue weighted by atomic mass is 16.6. The standard InChI is InChI=1S/C39H51N3O8/c1-25-13-12-16-30(26(25)2)33(34(45)40-32(36(47)49-38(3,4)5)24-27-14-10-9-11-15-27)42(21-22-43)35(46)31(41-37(48)50-39(6,7)8)23-28-17-19-29(44)20-18-28/h9-20,31-33,43-44H,21-24H2,1-8H3,(H,40,45)(H,41,48). The molecule has 0 aromatic heterocycles. The predicted molar refractivity (Wildman–Crippen MR) is 190 cm³/mol. The number of rotatable bonds is 13. The molecule has 3 rings (SSSR count). The number of hydrogen-bond acceptors (Lipinski definition) is 8. The average molecular weight is 690 g/mol. The first-order valence-electron chi connectivity index (χ1n) is 16.7. The van der Waals surface area contributed by atoms with E-state index in [4.69, 9.17) is 9.47 Å². The summed E-state index contributed by atoms with van der Waals surface area (Å²) in [5, 5.41) is 25.6. The van der Waals surface area contributed by atoms with E-state index >= 15 is 0 Å². The minimum atomic E-state index is -1.32. The summed E-state index contributed by atoms with van der Waals surface area (Å²) in [6, 6.07) is 17.0. The zero-order chi connectivity index (χ0) is 37.2. The SMILES string of the molecule is Cc1cccc(C(C(=O)NC(Cc2ccccc2)C(=O)OC(C)(C)C)N(CCO)C(=O)C(Cc2ccc(O)cc2)NC(=O)OC(C)(C)C)c1C. The van der Waals surface area contributed by atoms with Crippen molar-refractivity contribution >= 4 is 23.9 Å². The maximum Gasteiger partial charge on any atom is 0.408 e. The first-order valence-corrected chi connectivity index (χ1v) is 16.7. The number of aliphatic hydroxyl groups is 1. The van der Waals surface area contributed by atoms with Gasteiger partial charge in [0.05, 0.1) is 6.61 Å². The van der Waals surface area contributed by atoms with Crippen LogP contribution < -0.4 is 10.6 Å². The van der Waals surface area contributed by atoms with Crippen LogP contribution in [0.25, 0.3) is 0 Å². The second-order valence-electron chi connectivity index (χ2n) is 14.3. The smallest absolute Gasteiger partial charge is 0.408 e. The van der Waals surface area contributed by atoms with E-state index in [0.717, 1.165) is 16.7 Å². The van der Waals surface area contributed by atoms with Crippen molar-refractivity contribution in [3.63, 3.8) is 0 Å². The number of nitrogens with one attached hydrogen (secondary N) is 2. The Hall–Kier alpha value is -4.90. The van der Waals surface area contributed by atoms with Crippen LogP contribution in [0.15, 0.2) is 72.8 Å². The first-order chi connectivity index (χ1) is 23.4. The maximum atomic E-state index is 14.6. The number of carbonyl (C=O) groups excluding carboxylic acids is 4. The van der Waals surface area contributed by atoms with Gasteiger partial charge in [0.1, 0.15) is 35.1 Å². The van der Waals surface area contributed by atoms with Crippen molar-refractivity contribution in [2.45, 2.75) is 97.6 Å². The third kappa shape index (κ3) is 11.9. The number of hydrogen-bond donors (Lipinski definition) is 4. The summed E-state index contributed by atoms with van der Waals surface area (Å²) in [7, 11) is 0. The van der Waals surface area contributed by atoms with Crippen LogP contribution >= 0.6 is 0 Å². The Bertz CT molecular complexity index is 1610. The Kier molecular flexibility index (Phi) is 13.6. The second kappa shape index (κ2) is 17.2. The molecule has 11 heteroatoms. The van der Waals surface area contributed by atoms with Gasteiger partial charge in [-0.3, -0.25) is 9.59 Å². The number of aromatic hydroxyl groups is 1. The van der Waals surface area contributed by atoms with Crippen LogP contribution in [0.2, 0.25) is 0 Å². The van der Waals surface area contributed by atoms with E-state index in [0.29, 0.717) is 11.1 Å². The molecule has 0 aliphatic heterocycles. The van der Waals surface area contributed by atoms with Gasteiger partial charge in [-0.15, -0.1) is 0 Å². The molecule has 3 amide bonds. The molecule has 3 atom stereocenters. The Morgan fingerprint density at radius 3 is 1.90 bits per heavy atom. The Morgan fingerprint density at radius 2 is 1.32 bits per heavy atom. The van der Waals surface area contributed by atoms with Gasteiger partial charge in [0.15, 0.2) is 0 Å². The van der Waals surface area contributed by atoms with Crippen LogP contribution in [0, 0.1) is 13.8 Å². The van der Waals surface area contributed by atoms with Crippen molar-refractivity contribution in [2.75, 3.05) is 13.2 Å². The Balaban J connectivity index is 2.12. The molecule has 270 valence electrons. The van der Waals surface area contributed by atoms with Crippen LogP contribution in [0.1, 0.15) is 75.4 Å². The molecule has 0 fully saturated rings. The fraction of sp³-hybridized carbons (Fsp3) is 0.436. The minimum Gasteiger partial charge on any atom is -0.508 e. The summed E-state index contributed by atoms with van der Waals surface area (Å²) < 4.78 is 11.2. The lowest BCUT2D eigenvalue weighted by Gasteiger charge is -2.36. The van der Waals surface area contributed by atoms with E-state index in [9.17, 15) is 29.4 Å². The van der Waals surface area contributed by atoms with Crippen LogP contribution in [0.4, 0.5) is 4.79 Å². The highest BCUT2D eigenvalue weighted by molar-refractivity contribution is 5.94. The molecule has 0 spiro atoms. The number of amides is 3. The number of phenols is 1. The van der Waals surface area contributed by atoms with E-state index in [1.54, 1.807) is 65.8 Å². The number of carbonyl (C=O) groups is 4. The lowest BCUT2D eigenvalue weighted by atomic mass is 9.94. The highest BCUT2D eigenvalue weighted by Crippen LogP contribution is 2.28. The summed E-state index contributed by atoms with van der Waals surface area (Å²) in [6.45, 7) is 13.2. The molecule has 0 aliphatic rings. The molecule has 11 nitrogen and oxygen atoms in total. The van der Waals surface area contributed by atoms with Crippen molar-refractivity contribution in [3.8, 4) is 5.75 Å². The van der Waals surface area contributed by atoms with Gasteiger partial charge in [-0.2, -0.15) is 0 Å². The number of ether oxygens (including phenoxy) is 2. The van der Waals surface area contributed by atoms with Crippen molar-refractivity contribution < 1.29 is 38.9 Å². The number of phenolic OH excluding ortho intramolecular Hbond substituents is 1. The fourth-order valence-electron chi connectivity index (χ4n) is 5.38. The molecule has 3 aromatic carbocycles. The monoisotopic (exact) mass is 689 g/mol. The van der Waals surface area contributed by atoms with Crippen LogP contribution in [-0.2, 0) is 36.7 Å². The van der Waals surface area contributed by atoms with Gasteiger partial charge < -0.3 is 35.2 Å². The van der Waals surface area contributed by atoms with E-state index in [-0.39, 0.29) is 25.1 Å². The molecule has 3 unspecified atom stereocenters. The maximum absolute atomic E-state index is 14.6. The molecule has 0 saturated carbocycles. The first kappa shape index (κ1) is 39.5. The fourth-order valence-corrected chi connectivity index (χ4v) is 5.38. The molecule has 0 heterocycles. The Labute approximate surface area is 295 Å². The molecule has 0 aliphatic carbocycles. The quantitative estimate of drug-likeness (QED) is 0.181. The molecular weight excluding hydrogens is 638 g/mol. The van der Waals surface area contributed by atoms with Gasteiger partial charge in [-0.05, 0) is 95.3 Å². The van der Waals surface area contributed by atoms with Crippen LogP contribution in [0.5, 0.6) is 5.75 Å². The van der Waals surface area contributed by atoms with Crippen molar-refractivity contribution in [2.24, 2.45) is 0 Å². The number of alkyl carbamates (subject to hydrolysis) is 1.